The number of alkyl halides is 1. The normalized spacial score (nSPS) is 12.2. The molecule has 0 radical (unpaired) electrons. The summed E-state index contributed by atoms with van der Waals surface area (Å²) in [5, 5.41) is 8.51. The van der Waals surface area contributed by atoms with Gasteiger partial charge in [-0.05, 0) is 53.2 Å². The summed E-state index contributed by atoms with van der Waals surface area (Å²) < 4.78 is 4.83. The molecular weight excluding hydrogens is 431 g/mol. The monoisotopic (exact) mass is 442 g/mol. The van der Waals surface area contributed by atoms with Crippen molar-refractivity contribution >= 4 is 56.6 Å². The molecule has 0 aliphatic heterocycles. The SMILES string of the molecule is CCOC(=O)C(Br)N=Nc1ccc(Cl)cc1C(=O)c1ccccc1Cl. The molecule has 1 unspecified atom stereocenters. The maximum Gasteiger partial charge on any atom is 0.343 e. The number of hydrogen-bond acceptors (Lipinski definition) is 5. The smallest absolute Gasteiger partial charge is 0.343 e. The van der Waals surface area contributed by atoms with E-state index in [0.717, 1.165) is 0 Å². The Morgan fingerprint density at radius 2 is 1.88 bits per heavy atom. The number of ketones is 1. The highest BCUT2D eigenvalue weighted by Gasteiger charge is 2.18. The third-order valence-corrected chi connectivity index (χ3v) is 4.19. The quantitative estimate of drug-likeness (QED) is 0.192. The molecule has 1 atom stereocenters. The zero-order valence-corrected chi connectivity index (χ0v) is 16.2. The first-order valence-corrected chi connectivity index (χ1v) is 8.91. The standard InChI is InChI=1S/C17H13BrCl2N2O3/c1-2-25-17(24)16(18)22-21-14-8-7-10(19)9-12(14)15(23)11-5-3-4-6-13(11)20/h3-9,16H,2H2,1H3. The van der Waals surface area contributed by atoms with Crippen molar-refractivity contribution in [1.82, 2.24) is 0 Å². The Balaban J connectivity index is 2.36. The highest BCUT2D eigenvalue weighted by Crippen LogP contribution is 2.29. The highest BCUT2D eigenvalue weighted by atomic mass is 79.9. The van der Waals surface area contributed by atoms with Crippen molar-refractivity contribution in [1.29, 1.82) is 0 Å². The van der Waals surface area contributed by atoms with Crippen LogP contribution in [0.3, 0.4) is 0 Å². The largest absolute Gasteiger partial charge is 0.464 e. The minimum absolute atomic E-state index is 0.230. The zero-order valence-electron chi connectivity index (χ0n) is 13.1. The van der Waals surface area contributed by atoms with Gasteiger partial charge in [-0.25, -0.2) is 4.79 Å². The van der Waals surface area contributed by atoms with E-state index < -0.39 is 10.9 Å². The lowest BCUT2D eigenvalue weighted by molar-refractivity contribution is -0.142. The number of benzene rings is 2. The summed E-state index contributed by atoms with van der Waals surface area (Å²) in [5.41, 5.74) is 0.819. The van der Waals surface area contributed by atoms with E-state index in [4.69, 9.17) is 27.9 Å². The fourth-order valence-electron chi connectivity index (χ4n) is 1.94. The van der Waals surface area contributed by atoms with Crippen molar-refractivity contribution in [2.45, 2.75) is 11.9 Å². The van der Waals surface area contributed by atoms with Crippen LogP contribution in [0.5, 0.6) is 0 Å². The van der Waals surface area contributed by atoms with Gasteiger partial charge in [0.1, 0.15) is 0 Å². The summed E-state index contributed by atoms with van der Waals surface area (Å²) >= 11 is 15.2. The van der Waals surface area contributed by atoms with Crippen molar-refractivity contribution in [3.63, 3.8) is 0 Å². The van der Waals surface area contributed by atoms with Crippen LogP contribution in [0.4, 0.5) is 5.69 Å². The Labute approximate surface area is 163 Å². The Morgan fingerprint density at radius 1 is 1.16 bits per heavy atom. The van der Waals surface area contributed by atoms with Crippen LogP contribution in [0.25, 0.3) is 0 Å². The Hall–Kier alpha value is -1.76. The lowest BCUT2D eigenvalue weighted by Crippen LogP contribution is -2.14. The van der Waals surface area contributed by atoms with Crippen molar-refractivity contribution in [3.8, 4) is 0 Å². The summed E-state index contributed by atoms with van der Waals surface area (Å²) in [6, 6.07) is 11.3. The maximum atomic E-state index is 12.8. The number of azo groups is 1. The number of carbonyl (C=O) groups is 2. The lowest BCUT2D eigenvalue weighted by Gasteiger charge is -2.07. The molecule has 2 aromatic carbocycles. The van der Waals surface area contributed by atoms with Crippen LogP contribution in [-0.2, 0) is 9.53 Å². The summed E-state index contributed by atoms with van der Waals surface area (Å²) in [7, 11) is 0. The van der Waals surface area contributed by atoms with Crippen molar-refractivity contribution in [2.24, 2.45) is 10.2 Å². The molecular formula is C17H13BrCl2N2O3. The van der Waals surface area contributed by atoms with E-state index in [0.29, 0.717) is 15.6 Å². The van der Waals surface area contributed by atoms with E-state index in [1.807, 2.05) is 0 Å². The Bertz CT molecular complexity index is 827. The molecule has 0 saturated carbocycles. The minimum Gasteiger partial charge on any atom is -0.464 e. The van der Waals surface area contributed by atoms with E-state index in [-0.39, 0.29) is 23.6 Å². The second-order valence-electron chi connectivity index (χ2n) is 4.77. The summed E-state index contributed by atoms with van der Waals surface area (Å²) in [5.74, 6) is -0.913. The molecule has 0 N–H and O–H groups in total. The predicted molar refractivity (Wildman–Crippen MR) is 100 cm³/mol. The van der Waals surface area contributed by atoms with Gasteiger partial charge in [0.15, 0.2) is 5.78 Å². The van der Waals surface area contributed by atoms with Gasteiger partial charge in [-0.1, -0.05) is 35.3 Å². The molecule has 0 fully saturated rings. The molecule has 130 valence electrons. The van der Waals surface area contributed by atoms with Crippen LogP contribution in [0.15, 0.2) is 52.7 Å². The molecule has 0 saturated heterocycles. The average molecular weight is 444 g/mol. The predicted octanol–water partition coefficient (Wildman–Crippen LogP) is 5.59. The number of nitrogens with zero attached hydrogens (tertiary/aromatic N) is 2. The first-order valence-electron chi connectivity index (χ1n) is 7.24. The highest BCUT2D eigenvalue weighted by molar-refractivity contribution is 9.10. The second-order valence-corrected chi connectivity index (χ2v) is 6.48. The molecule has 0 amide bonds. The third-order valence-electron chi connectivity index (χ3n) is 3.07. The maximum absolute atomic E-state index is 12.8. The fourth-order valence-corrected chi connectivity index (χ4v) is 2.56. The molecule has 0 aliphatic carbocycles. The van der Waals surface area contributed by atoms with E-state index in [1.54, 1.807) is 43.3 Å². The van der Waals surface area contributed by atoms with Gasteiger partial charge in [-0.15, -0.1) is 0 Å². The first-order chi connectivity index (χ1) is 11.9. The minimum atomic E-state index is -0.966. The second kappa shape index (κ2) is 9.08. The molecule has 2 aromatic rings. The number of carbonyl (C=O) groups excluding carboxylic acids is 2. The molecule has 0 aliphatic rings. The first kappa shape index (κ1) is 19.6. The van der Waals surface area contributed by atoms with Crippen LogP contribution in [0, 0.1) is 0 Å². The van der Waals surface area contributed by atoms with Crippen molar-refractivity contribution in [3.05, 3.63) is 63.6 Å². The van der Waals surface area contributed by atoms with Gasteiger partial charge in [0.25, 0.3) is 0 Å². The fraction of sp³-hybridized carbons (Fsp3) is 0.176. The van der Waals surface area contributed by atoms with Gasteiger partial charge in [-0.2, -0.15) is 10.2 Å². The number of halogens is 3. The number of esters is 1. The third kappa shape index (κ3) is 5.11. The van der Waals surface area contributed by atoms with Crippen molar-refractivity contribution < 1.29 is 14.3 Å². The van der Waals surface area contributed by atoms with Gasteiger partial charge in [0.2, 0.25) is 4.95 Å². The van der Waals surface area contributed by atoms with Crippen LogP contribution in [0.2, 0.25) is 10.0 Å². The van der Waals surface area contributed by atoms with E-state index in [1.165, 1.54) is 6.07 Å². The molecule has 0 aromatic heterocycles. The summed E-state index contributed by atoms with van der Waals surface area (Å²) in [6.45, 7) is 1.92. The zero-order chi connectivity index (χ0) is 18.4. The van der Waals surface area contributed by atoms with E-state index in [9.17, 15) is 9.59 Å². The molecule has 0 heterocycles. The molecule has 0 bridgehead atoms. The van der Waals surface area contributed by atoms with Crippen molar-refractivity contribution in [2.75, 3.05) is 6.61 Å². The van der Waals surface area contributed by atoms with Gasteiger partial charge in [0.05, 0.1) is 22.9 Å². The topological polar surface area (TPSA) is 68.1 Å². The van der Waals surface area contributed by atoms with Crippen LogP contribution < -0.4 is 0 Å². The molecule has 0 spiro atoms. The molecule has 8 heteroatoms. The van der Waals surface area contributed by atoms with Crippen LogP contribution in [0.1, 0.15) is 22.8 Å². The number of ether oxygens (including phenoxy) is 1. The molecule has 2 rings (SSSR count). The van der Waals surface area contributed by atoms with E-state index in [2.05, 4.69) is 26.2 Å². The molecule has 5 nitrogen and oxygen atoms in total. The van der Waals surface area contributed by atoms with Gasteiger partial charge in [-0.3, -0.25) is 4.79 Å². The average Bonchev–Trinajstić information content (AvgIpc) is 2.60. The molecule has 25 heavy (non-hydrogen) atoms. The Kier molecular flexibility index (Phi) is 7.11. The summed E-state index contributed by atoms with van der Waals surface area (Å²) in [4.78, 5) is 23.4. The van der Waals surface area contributed by atoms with Gasteiger partial charge >= 0.3 is 5.97 Å². The van der Waals surface area contributed by atoms with Crippen LogP contribution >= 0.6 is 39.1 Å². The van der Waals surface area contributed by atoms with Gasteiger partial charge < -0.3 is 4.74 Å². The Morgan fingerprint density at radius 3 is 2.56 bits per heavy atom. The summed E-state index contributed by atoms with van der Waals surface area (Å²) in [6.07, 6.45) is 0. The van der Waals surface area contributed by atoms with E-state index >= 15 is 0 Å². The number of rotatable bonds is 6. The van der Waals surface area contributed by atoms with Crippen LogP contribution in [-0.4, -0.2) is 23.3 Å². The lowest BCUT2D eigenvalue weighted by atomic mass is 10.0. The van der Waals surface area contributed by atoms with Gasteiger partial charge in [0, 0.05) is 10.6 Å². The number of hydrogen-bond donors (Lipinski definition) is 0.